The predicted molar refractivity (Wildman–Crippen MR) is 131 cm³/mol. The lowest BCUT2D eigenvalue weighted by molar-refractivity contribution is -0.123. The van der Waals surface area contributed by atoms with E-state index in [2.05, 4.69) is 0 Å². The van der Waals surface area contributed by atoms with Gasteiger partial charge >= 0.3 is 5.97 Å². The van der Waals surface area contributed by atoms with Crippen LogP contribution in [-0.2, 0) is 9.53 Å². The number of hydrogen-bond donors (Lipinski definition) is 0. The van der Waals surface area contributed by atoms with Gasteiger partial charge in [-0.2, -0.15) is 0 Å². The summed E-state index contributed by atoms with van der Waals surface area (Å²) in [6.45, 7) is 1.54. The first-order valence-corrected chi connectivity index (χ1v) is 12.7. The van der Waals surface area contributed by atoms with E-state index in [1.807, 2.05) is 0 Å². The Balaban J connectivity index is 1.57. The first kappa shape index (κ1) is 24.6. The van der Waals surface area contributed by atoms with Gasteiger partial charge in [-0.15, -0.1) is 0 Å². The van der Waals surface area contributed by atoms with Crippen LogP contribution in [0.15, 0.2) is 33.6 Å². The molecular formula is C25H25F2NO4S2. The Kier molecular flexibility index (Phi) is 7.83. The second kappa shape index (κ2) is 10.8. The van der Waals surface area contributed by atoms with Crippen molar-refractivity contribution in [2.45, 2.75) is 57.9 Å². The molecule has 2 fully saturated rings. The number of carbonyl (C=O) groups excluding carboxylic acids is 2. The molecule has 9 heteroatoms. The van der Waals surface area contributed by atoms with Crippen LogP contribution in [0.25, 0.3) is 17.4 Å². The second-order valence-corrected chi connectivity index (χ2v) is 9.93. The van der Waals surface area contributed by atoms with E-state index < -0.39 is 23.2 Å². The van der Waals surface area contributed by atoms with Crippen molar-refractivity contribution in [3.8, 4) is 11.3 Å². The summed E-state index contributed by atoms with van der Waals surface area (Å²) in [6, 6.07) is 5.40. The molecule has 5 nitrogen and oxygen atoms in total. The van der Waals surface area contributed by atoms with Crippen LogP contribution in [0.4, 0.5) is 8.78 Å². The standard InChI is InChI=1S/C25H25F2NO4S2/c1-2-31-24(30)21-18(26)12-11-17(22(21)27)19-13-10-16(32-19)14-20-23(29)28(25(33)34-20)15-8-6-4-3-5-7-9-15/h10-15H,2-9H2,1H3. The first-order valence-electron chi connectivity index (χ1n) is 11.4. The van der Waals surface area contributed by atoms with Gasteiger partial charge in [0.15, 0.2) is 5.82 Å². The third-order valence-corrected chi connectivity index (χ3v) is 7.33. The molecule has 0 N–H and O–H groups in total. The molecule has 180 valence electrons. The van der Waals surface area contributed by atoms with E-state index in [4.69, 9.17) is 21.4 Å². The Morgan fingerprint density at radius 1 is 1.18 bits per heavy atom. The summed E-state index contributed by atoms with van der Waals surface area (Å²) >= 11 is 6.74. The van der Waals surface area contributed by atoms with Gasteiger partial charge in [0.25, 0.3) is 5.91 Å². The molecule has 0 atom stereocenters. The van der Waals surface area contributed by atoms with E-state index in [1.165, 1.54) is 43.2 Å². The number of rotatable bonds is 5. The lowest BCUT2D eigenvalue weighted by Gasteiger charge is -2.28. The fourth-order valence-electron chi connectivity index (χ4n) is 4.32. The molecule has 1 aliphatic heterocycles. The van der Waals surface area contributed by atoms with Gasteiger partial charge in [0.05, 0.1) is 17.1 Å². The Labute approximate surface area is 206 Å². The SMILES string of the molecule is CCOC(=O)c1c(F)ccc(-c2ccc(C=C3SC(=S)N(C4CCCCCCC4)C3=O)o2)c1F. The Morgan fingerprint density at radius 2 is 1.88 bits per heavy atom. The molecule has 34 heavy (non-hydrogen) atoms. The molecule has 2 heterocycles. The van der Waals surface area contributed by atoms with E-state index in [-0.39, 0.29) is 29.9 Å². The second-order valence-electron chi connectivity index (χ2n) is 8.26. The molecule has 0 unspecified atom stereocenters. The summed E-state index contributed by atoms with van der Waals surface area (Å²) in [6.07, 6.45) is 9.22. The Hall–Kier alpha value is -2.52. The van der Waals surface area contributed by atoms with Crippen molar-refractivity contribution in [1.29, 1.82) is 0 Å². The van der Waals surface area contributed by atoms with E-state index in [0.29, 0.717) is 15.0 Å². The van der Waals surface area contributed by atoms with Gasteiger partial charge in [0.2, 0.25) is 0 Å². The van der Waals surface area contributed by atoms with Crippen LogP contribution in [0.3, 0.4) is 0 Å². The minimum absolute atomic E-state index is 0.00809. The zero-order valence-electron chi connectivity index (χ0n) is 18.8. The molecule has 0 spiro atoms. The quantitative estimate of drug-likeness (QED) is 0.256. The van der Waals surface area contributed by atoms with Crippen molar-refractivity contribution in [3.05, 3.63) is 52.1 Å². The summed E-state index contributed by atoms with van der Waals surface area (Å²) in [5.74, 6) is -2.86. The van der Waals surface area contributed by atoms with Gasteiger partial charge in [-0.25, -0.2) is 13.6 Å². The number of nitrogens with zero attached hydrogens (tertiary/aromatic N) is 1. The smallest absolute Gasteiger partial charge is 0.344 e. The number of thiocarbonyl (C=S) groups is 1. The summed E-state index contributed by atoms with van der Waals surface area (Å²) < 4.78 is 40.0. The maximum absolute atomic E-state index is 14.9. The average molecular weight is 506 g/mol. The highest BCUT2D eigenvalue weighted by atomic mass is 32.2. The topological polar surface area (TPSA) is 59.8 Å². The maximum atomic E-state index is 14.9. The molecule has 0 bridgehead atoms. The number of ether oxygens (including phenoxy) is 1. The summed E-state index contributed by atoms with van der Waals surface area (Å²) in [7, 11) is 0. The molecule has 1 aliphatic carbocycles. The molecule has 1 saturated heterocycles. The molecule has 1 aromatic heterocycles. The number of benzene rings is 1. The Bertz CT molecular complexity index is 1140. The number of esters is 1. The van der Waals surface area contributed by atoms with Crippen molar-refractivity contribution >= 4 is 46.3 Å². The fourth-order valence-corrected chi connectivity index (χ4v) is 5.71. The van der Waals surface area contributed by atoms with Crippen LogP contribution >= 0.6 is 24.0 Å². The largest absolute Gasteiger partial charge is 0.462 e. The van der Waals surface area contributed by atoms with Crippen LogP contribution in [0.2, 0.25) is 0 Å². The monoisotopic (exact) mass is 505 g/mol. The van der Waals surface area contributed by atoms with E-state index >= 15 is 0 Å². The number of halogens is 2. The molecule has 4 rings (SSSR count). The summed E-state index contributed by atoms with van der Waals surface area (Å²) in [5, 5.41) is 0. The van der Waals surface area contributed by atoms with Crippen molar-refractivity contribution in [3.63, 3.8) is 0 Å². The van der Waals surface area contributed by atoms with Crippen LogP contribution in [0.5, 0.6) is 0 Å². The van der Waals surface area contributed by atoms with Gasteiger partial charge in [0.1, 0.15) is 27.2 Å². The van der Waals surface area contributed by atoms with Crippen molar-refractivity contribution in [2.24, 2.45) is 0 Å². The summed E-state index contributed by atoms with van der Waals surface area (Å²) in [4.78, 5) is 27.3. The van der Waals surface area contributed by atoms with Crippen LogP contribution < -0.4 is 0 Å². The molecule has 0 radical (unpaired) electrons. The maximum Gasteiger partial charge on any atom is 0.344 e. The minimum atomic E-state index is -1.08. The number of thioether (sulfide) groups is 1. The van der Waals surface area contributed by atoms with Crippen molar-refractivity contribution in [2.75, 3.05) is 6.61 Å². The van der Waals surface area contributed by atoms with Crippen LogP contribution in [0.1, 0.15) is 68.0 Å². The number of carbonyl (C=O) groups is 2. The lowest BCUT2D eigenvalue weighted by Crippen LogP contribution is -2.39. The number of amides is 1. The number of hydrogen-bond acceptors (Lipinski definition) is 6. The highest BCUT2D eigenvalue weighted by Crippen LogP contribution is 2.37. The van der Waals surface area contributed by atoms with Gasteiger partial charge in [-0.3, -0.25) is 9.69 Å². The predicted octanol–water partition coefficient (Wildman–Crippen LogP) is 6.72. The van der Waals surface area contributed by atoms with Crippen molar-refractivity contribution in [1.82, 2.24) is 4.90 Å². The Morgan fingerprint density at radius 3 is 2.59 bits per heavy atom. The summed E-state index contributed by atoms with van der Waals surface area (Å²) in [5.41, 5.74) is -0.844. The van der Waals surface area contributed by atoms with Gasteiger partial charge in [-0.05, 0) is 44.0 Å². The molecule has 1 saturated carbocycles. The lowest BCUT2D eigenvalue weighted by atomic mass is 9.96. The normalized spacial score (nSPS) is 18.9. The zero-order chi connectivity index (χ0) is 24.2. The highest BCUT2D eigenvalue weighted by molar-refractivity contribution is 8.26. The van der Waals surface area contributed by atoms with E-state index in [0.717, 1.165) is 31.7 Å². The van der Waals surface area contributed by atoms with Crippen LogP contribution in [-0.4, -0.2) is 33.7 Å². The molecule has 2 aromatic rings. The fraction of sp³-hybridized carbons (Fsp3) is 0.400. The molecular weight excluding hydrogens is 480 g/mol. The molecule has 1 amide bonds. The highest BCUT2D eigenvalue weighted by Gasteiger charge is 2.37. The van der Waals surface area contributed by atoms with E-state index in [9.17, 15) is 18.4 Å². The third-order valence-electron chi connectivity index (χ3n) is 6.00. The van der Waals surface area contributed by atoms with Gasteiger partial charge in [-0.1, -0.05) is 56.1 Å². The van der Waals surface area contributed by atoms with E-state index in [1.54, 1.807) is 24.0 Å². The first-order chi connectivity index (χ1) is 16.4. The average Bonchev–Trinajstić information content (AvgIpc) is 3.33. The minimum Gasteiger partial charge on any atom is -0.462 e. The zero-order valence-corrected chi connectivity index (χ0v) is 20.4. The third kappa shape index (κ3) is 5.10. The van der Waals surface area contributed by atoms with Crippen LogP contribution in [0, 0.1) is 11.6 Å². The number of furan rings is 1. The van der Waals surface area contributed by atoms with Crippen molar-refractivity contribution < 1.29 is 27.5 Å². The molecule has 2 aliphatic rings. The van der Waals surface area contributed by atoms with Gasteiger partial charge < -0.3 is 9.15 Å². The molecule has 1 aromatic carbocycles. The van der Waals surface area contributed by atoms with Gasteiger partial charge in [0, 0.05) is 12.1 Å².